The topological polar surface area (TPSA) is 63.0 Å². The van der Waals surface area contributed by atoms with Crippen molar-refractivity contribution in [3.63, 3.8) is 0 Å². The summed E-state index contributed by atoms with van der Waals surface area (Å²) in [6.07, 6.45) is 1.32. The first-order valence-electron chi connectivity index (χ1n) is 4.58. The van der Waals surface area contributed by atoms with E-state index in [9.17, 15) is 4.79 Å². The fourth-order valence-electron chi connectivity index (χ4n) is 1.28. The monoisotopic (exact) mass is 238 g/mol. The number of hydrogen-bond acceptors (Lipinski definition) is 4. The minimum Gasteiger partial charge on any atom is -0.465 e. The standard InChI is InChI=1S/C11H11ClN2O2/c1-11(2,6-13)8-4-9(12)14-5-7(8)10(15)16-3/h4-5H,1-3H3. The van der Waals surface area contributed by atoms with Crippen LogP contribution in [0.1, 0.15) is 29.8 Å². The fourth-order valence-corrected chi connectivity index (χ4v) is 1.44. The van der Waals surface area contributed by atoms with Gasteiger partial charge in [-0.2, -0.15) is 5.26 Å². The molecule has 16 heavy (non-hydrogen) atoms. The van der Waals surface area contributed by atoms with Crippen molar-refractivity contribution in [2.24, 2.45) is 0 Å². The number of ether oxygens (including phenoxy) is 1. The highest BCUT2D eigenvalue weighted by Crippen LogP contribution is 2.27. The van der Waals surface area contributed by atoms with Crippen LogP contribution in [0.3, 0.4) is 0 Å². The van der Waals surface area contributed by atoms with Crippen molar-refractivity contribution in [2.45, 2.75) is 19.3 Å². The molecular formula is C11H11ClN2O2. The normalized spacial score (nSPS) is 10.7. The number of pyridine rings is 1. The first kappa shape index (κ1) is 12.5. The van der Waals surface area contributed by atoms with Crippen LogP contribution in [0, 0.1) is 11.3 Å². The number of halogens is 1. The third-order valence-corrected chi connectivity index (χ3v) is 2.44. The van der Waals surface area contributed by atoms with Gasteiger partial charge in [0.25, 0.3) is 0 Å². The van der Waals surface area contributed by atoms with E-state index in [0.29, 0.717) is 5.56 Å². The summed E-state index contributed by atoms with van der Waals surface area (Å²) >= 11 is 5.76. The van der Waals surface area contributed by atoms with Gasteiger partial charge in [0.15, 0.2) is 0 Å². The Bertz CT molecular complexity index is 464. The maximum Gasteiger partial charge on any atom is 0.339 e. The van der Waals surface area contributed by atoms with Crippen LogP contribution in [0.15, 0.2) is 12.3 Å². The second-order valence-corrected chi connectivity index (χ2v) is 4.17. The smallest absolute Gasteiger partial charge is 0.339 e. The molecule has 0 N–H and O–H groups in total. The van der Waals surface area contributed by atoms with E-state index in [1.165, 1.54) is 19.4 Å². The summed E-state index contributed by atoms with van der Waals surface area (Å²) in [5.74, 6) is -0.525. The van der Waals surface area contributed by atoms with Gasteiger partial charge in [0, 0.05) is 6.20 Å². The molecule has 0 amide bonds. The van der Waals surface area contributed by atoms with Crippen LogP contribution in [0.5, 0.6) is 0 Å². The molecule has 0 aromatic carbocycles. The zero-order valence-corrected chi connectivity index (χ0v) is 10.00. The molecule has 0 unspecified atom stereocenters. The second-order valence-electron chi connectivity index (χ2n) is 3.78. The molecule has 84 valence electrons. The van der Waals surface area contributed by atoms with Crippen molar-refractivity contribution in [1.82, 2.24) is 4.98 Å². The van der Waals surface area contributed by atoms with Crippen LogP contribution in [-0.4, -0.2) is 18.1 Å². The van der Waals surface area contributed by atoms with Crippen LogP contribution in [0.25, 0.3) is 0 Å². The van der Waals surface area contributed by atoms with Crippen molar-refractivity contribution in [3.8, 4) is 6.07 Å². The second kappa shape index (κ2) is 4.50. The molecule has 0 saturated heterocycles. The van der Waals surface area contributed by atoms with E-state index in [-0.39, 0.29) is 10.7 Å². The van der Waals surface area contributed by atoms with E-state index in [1.54, 1.807) is 13.8 Å². The van der Waals surface area contributed by atoms with E-state index < -0.39 is 11.4 Å². The van der Waals surface area contributed by atoms with Crippen molar-refractivity contribution in [3.05, 3.63) is 28.5 Å². The lowest BCUT2D eigenvalue weighted by Crippen LogP contribution is -2.20. The third-order valence-electron chi connectivity index (χ3n) is 2.23. The first-order valence-corrected chi connectivity index (χ1v) is 4.95. The van der Waals surface area contributed by atoms with Gasteiger partial charge in [-0.15, -0.1) is 0 Å². The summed E-state index contributed by atoms with van der Waals surface area (Å²) in [7, 11) is 1.28. The molecule has 0 fully saturated rings. The summed E-state index contributed by atoms with van der Waals surface area (Å²) in [6.45, 7) is 3.40. The molecule has 1 aromatic rings. The van der Waals surface area contributed by atoms with Crippen LogP contribution < -0.4 is 0 Å². The van der Waals surface area contributed by atoms with E-state index in [0.717, 1.165) is 0 Å². The van der Waals surface area contributed by atoms with Gasteiger partial charge < -0.3 is 4.74 Å². The highest BCUT2D eigenvalue weighted by atomic mass is 35.5. The maximum absolute atomic E-state index is 11.5. The molecule has 0 spiro atoms. The molecule has 0 aliphatic heterocycles. The number of hydrogen-bond donors (Lipinski definition) is 0. The van der Waals surface area contributed by atoms with E-state index in [2.05, 4.69) is 15.8 Å². The van der Waals surface area contributed by atoms with Crippen LogP contribution >= 0.6 is 11.6 Å². The van der Waals surface area contributed by atoms with Gasteiger partial charge in [-0.05, 0) is 25.5 Å². The number of rotatable bonds is 2. The molecule has 1 aromatic heterocycles. The number of nitriles is 1. The number of carbonyl (C=O) groups excluding carboxylic acids is 1. The molecule has 0 bridgehead atoms. The Morgan fingerprint density at radius 3 is 2.75 bits per heavy atom. The fraction of sp³-hybridized carbons (Fsp3) is 0.364. The minimum atomic E-state index is -0.823. The van der Waals surface area contributed by atoms with Gasteiger partial charge in [-0.3, -0.25) is 0 Å². The maximum atomic E-state index is 11.5. The largest absolute Gasteiger partial charge is 0.465 e. The van der Waals surface area contributed by atoms with E-state index in [4.69, 9.17) is 16.9 Å². The minimum absolute atomic E-state index is 0.242. The summed E-state index contributed by atoms with van der Waals surface area (Å²) in [5.41, 5.74) is -0.0453. The third kappa shape index (κ3) is 2.31. The number of methoxy groups -OCH3 is 1. The van der Waals surface area contributed by atoms with Gasteiger partial charge in [0.2, 0.25) is 0 Å². The number of aromatic nitrogens is 1. The Kier molecular flexibility index (Phi) is 3.51. The lowest BCUT2D eigenvalue weighted by Gasteiger charge is -2.18. The van der Waals surface area contributed by atoms with Crippen molar-refractivity contribution in [1.29, 1.82) is 5.26 Å². The number of nitrogens with zero attached hydrogens (tertiary/aromatic N) is 2. The number of esters is 1. The molecule has 1 heterocycles. The molecule has 1 rings (SSSR count). The predicted octanol–water partition coefficient (Wildman–Crippen LogP) is 2.32. The Balaban J connectivity index is 3.42. The molecule has 4 nitrogen and oxygen atoms in total. The highest BCUT2D eigenvalue weighted by molar-refractivity contribution is 6.29. The first-order chi connectivity index (χ1) is 7.42. The Labute approximate surface area is 98.8 Å². The summed E-state index contributed by atoms with van der Waals surface area (Å²) in [6, 6.07) is 3.62. The van der Waals surface area contributed by atoms with Gasteiger partial charge in [0.1, 0.15) is 5.15 Å². The lowest BCUT2D eigenvalue weighted by molar-refractivity contribution is 0.0598. The molecule has 0 aliphatic carbocycles. The van der Waals surface area contributed by atoms with E-state index >= 15 is 0 Å². The van der Waals surface area contributed by atoms with Crippen molar-refractivity contribution >= 4 is 17.6 Å². The van der Waals surface area contributed by atoms with Gasteiger partial charge in [-0.25, -0.2) is 9.78 Å². The molecule has 0 saturated carbocycles. The van der Waals surface area contributed by atoms with Crippen molar-refractivity contribution < 1.29 is 9.53 Å². The van der Waals surface area contributed by atoms with Crippen molar-refractivity contribution in [2.75, 3.05) is 7.11 Å². The molecule has 0 aliphatic rings. The quantitative estimate of drug-likeness (QED) is 0.586. The van der Waals surface area contributed by atoms with Crippen LogP contribution in [0.2, 0.25) is 5.15 Å². The molecule has 5 heteroatoms. The SMILES string of the molecule is COC(=O)c1cnc(Cl)cc1C(C)(C)C#N. The summed E-state index contributed by atoms with van der Waals surface area (Å²) in [4.78, 5) is 15.3. The Morgan fingerprint density at radius 1 is 1.62 bits per heavy atom. The predicted molar refractivity (Wildman–Crippen MR) is 59.2 cm³/mol. The zero-order chi connectivity index (χ0) is 12.3. The van der Waals surface area contributed by atoms with E-state index in [1.807, 2.05) is 0 Å². The highest BCUT2D eigenvalue weighted by Gasteiger charge is 2.27. The van der Waals surface area contributed by atoms with Crippen LogP contribution in [-0.2, 0) is 10.2 Å². The van der Waals surface area contributed by atoms with Gasteiger partial charge >= 0.3 is 5.97 Å². The molecular weight excluding hydrogens is 228 g/mol. The molecule has 0 atom stereocenters. The molecule has 0 radical (unpaired) electrons. The average molecular weight is 239 g/mol. The summed E-state index contributed by atoms with van der Waals surface area (Å²) in [5, 5.41) is 9.29. The summed E-state index contributed by atoms with van der Waals surface area (Å²) < 4.78 is 4.63. The van der Waals surface area contributed by atoms with Gasteiger partial charge in [0.05, 0.1) is 24.2 Å². The number of carbonyl (C=O) groups is 1. The average Bonchev–Trinajstić information content (AvgIpc) is 2.28. The zero-order valence-electron chi connectivity index (χ0n) is 9.24. The lowest BCUT2D eigenvalue weighted by atomic mass is 9.84. The Hall–Kier alpha value is -1.60. The Morgan fingerprint density at radius 2 is 2.25 bits per heavy atom. The van der Waals surface area contributed by atoms with Crippen LogP contribution in [0.4, 0.5) is 0 Å². The van der Waals surface area contributed by atoms with Gasteiger partial charge in [-0.1, -0.05) is 11.6 Å².